The molecular weight excluding hydrogens is 262 g/mol. The van der Waals surface area contributed by atoms with Crippen molar-refractivity contribution in [2.45, 2.75) is 26.3 Å². The van der Waals surface area contributed by atoms with Gasteiger partial charge in [0.25, 0.3) is 0 Å². The molecule has 0 aliphatic carbocycles. The van der Waals surface area contributed by atoms with E-state index in [0.29, 0.717) is 5.92 Å². The molecule has 0 spiro atoms. The first-order valence-electron chi connectivity index (χ1n) is 7.18. The minimum Gasteiger partial charge on any atom is -0.497 e. The van der Waals surface area contributed by atoms with Crippen LogP contribution in [-0.4, -0.2) is 14.2 Å². The fourth-order valence-electron chi connectivity index (χ4n) is 2.33. The van der Waals surface area contributed by atoms with Gasteiger partial charge < -0.3 is 14.8 Å². The first-order valence-corrected chi connectivity index (χ1v) is 7.18. The van der Waals surface area contributed by atoms with Gasteiger partial charge in [-0.2, -0.15) is 0 Å². The largest absolute Gasteiger partial charge is 0.497 e. The molecule has 21 heavy (non-hydrogen) atoms. The molecule has 2 aromatic carbocycles. The van der Waals surface area contributed by atoms with Crippen molar-refractivity contribution in [2.75, 3.05) is 19.5 Å². The number of para-hydroxylation sites is 1. The molecule has 3 nitrogen and oxygen atoms in total. The van der Waals surface area contributed by atoms with E-state index in [9.17, 15) is 0 Å². The Morgan fingerprint density at radius 2 is 1.57 bits per heavy atom. The molecule has 0 aromatic heterocycles. The topological polar surface area (TPSA) is 30.5 Å². The molecule has 0 radical (unpaired) electrons. The molecule has 0 fully saturated rings. The number of hydrogen-bond donors (Lipinski definition) is 1. The summed E-state index contributed by atoms with van der Waals surface area (Å²) in [5.74, 6) is 2.11. The van der Waals surface area contributed by atoms with Crippen molar-refractivity contribution < 1.29 is 9.47 Å². The second kappa shape index (κ2) is 7.02. The first kappa shape index (κ1) is 15.2. The Hall–Kier alpha value is -2.16. The molecule has 0 aliphatic rings. The first-order chi connectivity index (χ1) is 10.1. The number of ether oxygens (including phenoxy) is 2. The van der Waals surface area contributed by atoms with Crippen LogP contribution in [0.15, 0.2) is 42.5 Å². The van der Waals surface area contributed by atoms with Crippen molar-refractivity contribution in [3.63, 3.8) is 0 Å². The molecule has 1 N–H and O–H groups in total. The Balaban J connectivity index is 2.16. The van der Waals surface area contributed by atoms with Gasteiger partial charge in [0.15, 0.2) is 0 Å². The Morgan fingerprint density at radius 1 is 0.952 bits per heavy atom. The minimum atomic E-state index is 0.494. The van der Waals surface area contributed by atoms with E-state index in [0.717, 1.165) is 23.6 Å². The molecule has 0 amide bonds. The van der Waals surface area contributed by atoms with Crippen LogP contribution < -0.4 is 14.8 Å². The Labute approximate surface area is 126 Å². The normalized spacial score (nSPS) is 10.5. The van der Waals surface area contributed by atoms with E-state index in [1.807, 2.05) is 18.2 Å². The van der Waals surface area contributed by atoms with Gasteiger partial charge in [-0.15, -0.1) is 0 Å². The third-order valence-corrected chi connectivity index (χ3v) is 3.48. The van der Waals surface area contributed by atoms with Gasteiger partial charge in [0, 0.05) is 18.3 Å². The van der Waals surface area contributed by atoms with Crippen molar-refractivity contribution in [2.24, 2.45) is 0 Å². The van der Waals surface area contributed by atoms with E-state index < -0.39 is 0 Å². The van der Waals surface area contributed by atoms with Crippen LogP contribution in [0.4, 0.5) is 5.69 Å². The predicted molar refractivity (Wildman–Crippen MR) is 87.4 cm³/mol. The summed E-state index contributed by atoms with van der Waals surface area (Å²) < 4.78 is 10.6. The maximum atomic E-state index is 5.30. The van der Waals surface area contributed by atoms with E-state index >= 15 is 0 Å². The van der Waals surface area contributed by atoms with Gasteiger partial charge in [-0.3, -0.25) is 0 Å². The molecule has 112 valence electrons. The molecule has 0 bridgehead atoms. The van der Waals surface area contributed by atoms with Crippen molar-refractivity contribution >= 4 is 5.69 Å². The quantitative estimate of drug-likeness (QED) is 0.851. The molecule has 3 heteroatoms. The standard InChI is InChI=1S/C18H23NO2/c1-13(2)17-7-5-6-8-18(17)19-12-14-9-15(20-3)11-16(10-14)21-4/h5-11,13,19H,12H2,1-4H3. The van der Waals surface area contributed by atoms with E-state index in [-0.39, 0.29) is 0 Å². The van der Waals surface area contributed by atoms with Gasteiger partial charge in [0.2, 0.25) is 0 Å². The number of methoxy groups -OCH3 is 2. The Bertz CT molecular complexity index is 571. The predicted octanol–water partition coefficient (Wildman–Crippen LogP) is 4.44. The Kier molecular flexibility index (Phi) is 5.09. The lowest BCUT2D eigenvalue weighted by Gasteiger charge is -2.15. The van der Waals surface area contributed by atoms with Crippen molar-refractivity contribution in [3.05, 3.63) is 53.6 Å². The lowest BCUT2D eigenvalue weighted by atomic mass is 10.0. The molecule has 2 rings (SSSR count). The molecule has 0 unspecified atom stereocenters. The van der Waals surface area contributed by atoms with E-state index in [1.165, 1.54) is 11.3 Å². The molecule has 0 saturated carbocycles. The Morgan fingerprint density at radius 3 is 2.14 bits per heavy atom. The summed E-state index contributed by atoms with van der Waals surface area (Å²) in [6.07, 6.45) is 0. The van der Waals surface area contributed by atoms with E-state index in [4.69, 9.17) is 9.47 Å². The van der Waals surface area contributed by atoms with Gasteiger partial charge in [-0.25, -0.2) is 0 Å². The summed E-state index contributed by atoms with van der Waals surface area (Å²) in [6, 6.07) is 14.3. The van der Waals surface area contributed by atoms with Crippen LogP contribution in [0.5, 0.6) is 11.5 Å². The summed E-state index contributed by atoms with van der Waals surface area (Å²) in [5.41, 5.74) is 3.63. The average molecular weight is 285 g/mol. The zero-order chi connectivity index (χ0) is 15.2. The van der Waals surface area contributed by atoms with E-state index in [2.05, 4.69) is 43.4 Å². The molecule has 0 saturated heterocycles. The summed E-state index contributed by atoms with van der Waals surface area (Å²) in [6.45, 7) is 5.14. The zero-order valence-corrected chi connectivity index (χ0v) is 13.1. The number of nitrogens with one attached hydrogen (secondary N) is 1. The van der Waals surface area contributed by atoms with Gasteiger partial charge in [-0.05, 0) is 35.2 Å². The summed E-state index contributed by atoms with van der Waals surface area (Å²) in [5, 5.41) is 3.50. The van der Waals surface area contributed by atoms with E-state index in [1.54, 1.807) is 14.2 Å². The van der Waals surface area contributed by atoms with Crippen molar-refractivity contribution in [1.82, 2.24) is 0 Å². The van der Waals surface area contributed by atoms with Gasteiger partial charge in [0.1, 0.15) is 11.5 Å². The minimum absolute atomic E-state index is 0.494. The monoisotopic (exact) mass is 285 g/mol. The fourth-order valence-corrected chi connectivity index (χ4v) is 2.33. The maximum absolute atomic E-state index is 5.30. The number of anilines is 1. The summed E-state index contributed by atoms with van der Waals surface area (Å²) in [4.78, 5) is 0. The highest BCUT2D eigenvalue weighted by molar-refractivity contribution is 5.53. The molecule has 0 atom stereocenters. The van der Waals surface area contributed by atoms with Crippen LogP contribution in [0.2, 0.25) is 0 Å². The molecule has 0 aliphatic heterocycles. The van der Waals surface area contributed by atoms with Gasteiger partial charge >= 0.3 is 0 Å². The van der Waals surface area contributed by atoms with Crippen LogP contribution in [-0.2, 0) is 6.54 Å². The van der Waals surface area contributed by atoms with Crippen molar-refractivity contribution in [1.29, 1.82) is 0 Å². The SMILES string of the molecule is COc1cc(CNc2ccccc2C(C)C)cc(OC)c1. The maximum Gasteiger partial charge on any atom is 0.122 e. The van der Waals surface area contributed by atoms with Gasteiger partial charge in [-0.1, -0.05) is 32.0 Å². The van der Waals surface area contributed by atoms with Gasteiger partial charge in [0.05, 0.1) is 14.2 Å². The van der Waals surface area contributed by atoms with Crippen molar-refractivity contribution in [3.8, 4) is 11.5 Å². The van der Waals surface area contributed by atoms with Crippen LogP contribution in [0.1, 0.15) is 30.9 Å². The molecule has 2 aromatic rings. The molecule has 0 heterocycles. The number of benzene rings is 2. The lowest BCUT2D eigenvalue weighted by Crippen LogP contribution is -2.04. The second-order valence-electron chi connectivity index (χ2n) is 5.32. The molecular formula is C18H23NO2. The zero-order valence-electron chi connectivity index (χ0n) is 13.1. The average Bonchev–Trinajstić information content (AvgIpc) is 2.52. The third-order valence-electron chi connectivity index (χ3n) is 3.48. The van der Waals surface area contributed by atoms with Crippen LogP contribution in [0, 0.1) is 0 Å². The highest BCUT2D eigenvalue weighted by atomic mass is 16.5. The summed E-state index contributed by atoms with van der Waals surface area (Å²) >= 11 is 0. The summed E-state index contributed by atoms with van der Waals surface area (Å²) in [7, 11) is 3.33. The third kappa shape index (κ3) is 3.91. The highest BCUT2D eigenvalue weighted by Crippen LogP contribution is 2.26. The highest BCUT2D eigenvalue weighted by Gasteiger charge is 2.06. The number of rotatable bonds is 6. The van der Waals surface area contributed by atoms with Crippen LogP contribution >= 0.6 is 0 Å². The lowest BCUT2D eigenvalue weighted by molar-refractivity contribution is 0.393. The fraction of sp³-hybridized carbons (Fsp3) is 0.333. The van der Waals surface area contributed by atoms with Crippen LogP contribution in [0.25, 0.3) is 0 Å². The second-order valence-corrected chi connectivity index (χ2v) is 5.32. The van der Waals surface area contributed by atoms with Crippen LogP contribution in [0.3, 0.4) is 0 Å². The smallest absolute Gasteiger partial charge is 0.122 e. The number of hydrogen-bond acceptors (Lipinski definition) is 3.